The van der Waals surface area contributed by atoms with E-state index in [2.05, 4.69) is 43.1 Å². The molecule has 132 valence electrons. The Morgan fingerprint density at radius 1 is 0.885 bits per heavy atom. The number of hydrogen-bond donors (Lipinski definition) is 2. The first-order chi connectivity index (χ1) is 12.7. The molecule has 2 aromatic heterocycles. The Morgan fingerprint density at radius 2 is 1.65 bits per heavy atom. The van der Waals surface area contributed by atoms with E-state index in [9.17, 15) is 0 Å². The Bertz CT molecular complexity index is 1010. The number of fused-ring (bicyclic) bond motifs is 1. The molecule has 0 spiro atoms. The van der Waals surface area contributed by atoms with E-state index < -0.39 is 0 Å². The van der Waals surface area contributed by atoms with E-state index in [0.717, 1.165) is 27.9 Å². The van der Waals surface area contributed by atoms with Crippen molar-refractivity contribution in [2.45, 2.75) is 13.8 Å². The third-order valence-corrected chi connectivity index (χ3v) is 3.79. The number of H-pyrrole nitrogens is 1. The van der Waals surface area contributed by atoms with Gasteiger partial charge in [-0.25, -0.2) is 9.97 Å². The van der Waals surface area contributed by atoms with Crippen LogP contribution in [0.2, 0.25) is 0 Å². The monoisotopic (exact) mass is 458 g/mol. The van der Waals surface area contributed by atoms with E-state index in [4.69, 9.17) is 9.97 Å². The van der Waals surface area contributed by atoms with Gasteiger partial charge < -0.3 is 5.32 Å². The SMILES string of the molecule is CI.Cc1nc(Nc2nc(-c3ccccc3)nc3c(C)cccc23)n[nH]1. The van der Waals surface area contributed by atoms with Crippen molar-refractivity contribution >= 4 is 45.3 Å². The second kappa shape index (κ2) is 8.22. The van der Waals surface area contributed by atoms with Gasteiger partial charge in [0.25, 0.3) is 0 Å². The molecule has 0 saturated heterocycles. The van der Waals surface area contributed by atoms with Crippen LogP contribution < -0.4 is 5.32 Å². The standard InChI is InChI=1S/C18H16N6.CH3I/c1-11-7-6-10-14-15(11)20-16(13-8-4-3-5-9-13)21-17(14)22-18-19-12(2)23-24-18;1-2/h3-10H,1-2H3,(H2,19,20,21,22,23,24);1H3. The molecule has 0 bridgehead atoms. The summed E-state index contributed by atoms with van der Waals surface area (Å²) in [5.74, 6) is 2.61. The van der Waals surface area contributed by atoms with E-state index in [1.54, 1.807) is 0 Å². The Balaban J connectivity index is 0.000000948. The lowest BCUT2D eigenvalue weighted by Crippen LogP contribution is -2.01. The van der Waals surface area contributed by atoms with Crippen LogP contribution >= 0.6 is 22.6 Å². The normalized spacial score (nSPS) is 10.3. The average Bonchev–Trinajstić information content (AvgIpc) is 3.09. The summed E-state index contributed by atoms with van der Waals surface area (Å²) in [6.07, 6.45) is 0. The van der Waals surface area contributed by atoms with Gasteiger partial charge in [0, 0.05) is 10.9 Å². The Hall–Kier alpha value is -2.55. The summed E-state index contributed by atoms with van der Waals surface area (Å²) in [6.45, 7) is 3.90. The molecule has 0 radical (unpaired) electrons. The van der Waals surface area contributed by atoms with Gasteiger partial charge in [0.1, 0.15) is 11.6 Å². The summed E-state index contributed by atoms with van der Waals surface area (Å²) < 4.78 is 0. The molecule has 4 aromatic rings. The predicted octanol–water partition coefficient (Wildman–Crippen LogP) is 4.83. The van der Waals surface area contributed by atoms with Crippen LogP contribution in [0.15, 0.2) is 48.5 Å². The molecule has 0 aliphatic carbocycles. The van der Waals surface area contributed by atoms with Crippen molar-refractivity contribution in [1.29, 1.82) is 0 Å². The van der Waals surface area contributed by atoms with Crippen LogP contribution in [0.5, 0.6) is 0 Å². The van der Waals surface area contributed by atoms with Gasteiger partial charge in [-0.1, -0.05) is 65.1 Å². The molecule has 26 heavy (non-hydrogen) atoms. The molecule has 6 nitrogen and oxygen atoms in total. The number of nitrogens with one attached hydrogen (secondary N) is 2. The van der Waals surface area contributed by atoms with Gasteiger partial charge >= 0.3 is 0 Å². The molecule has 2 N–H and O–H groups in total. The summed E-state index contributed by atoms with van der Waals surface area (Å²) in [6, 6.07) is 16.0. The Kier molecular flexibility index (Phi) is 5.77. The topological polar surface area (TPSA) is 79.4 Å². The number of hydrogen-bond acceptors (Lipinski definition) is 5. The number of aromatic nitrogens is 5. The van der Waals surface area contributed by atoms with Crippen LogP contribution in [0.3, 0.4) is 0 Å². The zero-order chi connectivity index (χ0) is 18.5. The Morgan fingerprint density at radius 3 is 2.35 bits per heavy atom. The van der Waals surface area contributed by atoms with E-state index >= 15 is 0 Å². The summed E-state index contributed by atoms with van der Waals surface area (Å²) in [7, 11) is 0. The zero-order valence-electron chi connectivity index (χ0n) is 14.8. The fourth-order valence-electron chi connectivity index (χ4n) is 2.61. The minimum absolute atomic E-state index is 0.494. The predicted molar refractivity (Wildman–Crippen MR) is 114 cm³/mol. The van der Waals surface area contributed by atoms with E-state index in [1.807, 2.05) is 67.3 Å². The number of aryl methyl sites for hydroxylation is 2. The molecule has 0 aliphatic heterocycles. The number of alkyl halides is 1. The first-order valence-electron chi connectivity index (χ1n) is 8.07. The van der Waals surface area contributed by atoms with Gasteiger partial charge in [-0.05, 0) is 30.4 Å². The van der Waals surface area contributed by atoms with Crippen molar-refractivity contribution in [2.24, 2.45) is 0 Å². The molecule has 4 rings (SSSR count). The number of halogens is 1. The lowest BCUT2D eigenvalue weighted by Gasteiger charge is -2.10. The van der Waals surface area contributed by atoms with Crippen LogP contribution in [0.4, 0.5) is 11.8 Å². The number of para-hydroxylation sites is 1. The summed E-state index contributed by atoms with van der Waals surface area (Å²) in [4.78, 5) is 15.7. The fraction of sp³-hybridized carbons (Fsp3) is 0.158. The molecular weight excluding hydrogens is 439 g/mol. The van der Waals surface area contributed by atoms with Crippen molar-refractivity contribution in [3.63, 3.8) is 0 Å². The highest BCUT2D eigenvalue weighted by Crippen LogP contribution is 2.28. The first-order valence-corrected chi connectivity index (χ1v) is 10.2. The van der Waals surface area contributed by atoms with Crippen LogP contribution in [0.1, 0.15) is 11.4 Å². The van der Waals surface area contributed by atoms with Gasteiger partial charge in [0.15, 0.2) is 5.82 Å². The maximum Gasteiger partial charge on any atom is 0.247 e. The maximum absolute atomic E-state index is 4.75. The number of benzene rings is 2. The van der Waals surface area contributed by atoms with Crippen LogP contribution in [-0.4, -0.2) is 30.1 Å². The molecule has 0 saturated carbocycles. The molecule has 2 heterocycles. The van der Waals surface area contributed by atoms with Gasteiger partial charge in [-0.2, -0.15) is 4.98 Å². The maximum atomic E-state index is 4.75. The molecule has 0 aliphatic rings. The van der Waals surface area contributed by atoms with Crippen LogP contribution in [-0.2, 0) is 0 Å². The lowest BCUT2D eigenvalue weighted by atomic mass is 10.1. The molecule has 0 fully saturated rings. The van der Waals surface area contributed by atoms with Crippen molar-refractivity contribution in [1.82, 2.24) is 25.1 Å². The second-order valence-electron chi connectivity index (χ2n) is 5.60. The van der Waals surface area contributed by atoms with E-state index in [0.29, 0.717) is 17.6 Å². The van der Waals surface area contributed by atoms with Crippen LogP contribution in [0.25, 0.3) is 22.3 Å². The quantitative estimate of drug-likeness (QED) is 0.340. The van der Waals surface area contributed by atoms with Crippen LogP contribution in [0, 0.1) is 13.8 Å². The molecule has 0 atom stereocenters. The molecule has 0 amide bonds. The lowest BCUT2D eigenvalue weighted by molar-refractivity contribution is 1.04. The average molecular weight is 458 g/mol. The number of rotatable bonds is 3. The zero-order valence-corrected chi connectivity index (χ0v) is 16.9. The highest BCUT2D eigenvalue weighted by molar-refractivity contribution is 14.1. The fourth-order valence-corrected chi connectivity index (χ4v) is 2.61. The van der Waals surface area contributed by atoms with Crippen molar-refractivity contribution < 1.29 is 0 Å². The van der Waals surface area contributed by atoms with E-state index in [1.165, 1.54) is 0 Å². The molecule has 2 aromatic carbocycles. The summed E-state index contributed by atoms with van der Waals surface area (Å²) in [5, 5.41) is 11.1. The number of anilines is 2. The van der Waals surface area contributed by atoms with Gasteiger partial charge in [0.2, 0.25) is 5.95 Å². The second-order valence-corrected chi connectivity index (χ2v) is 5.60. The highest BCUT2D eigenvalue weighted by Gasteiger charge is 2.12. The largest absolute Gasteiger partial charge is 0.307 e. The summed E-state index contributed by atoms with van der Waals surface area (Å²) in [5.41, 5.74) is 2.99. The molecule has 0 unspecified atom stereocenters. The third kappa shape index (κ3) is 3.82. The first kappa shape index (κ1) is 18.2. The highest BCUT2D eigenvalue weighted by atomic mass is 127. The Labute approximate surface area is 165 Å². The summed E-state index contributed by atoms with van der Waals surface area (Å²) >= 11 is 2.15. The van der Waals surface area contributed by atoms with Gasteiger partial charge in [-0.15, -0.1) is 5.10 Å². The van der Waals surface area contributed by atoms with Crippen molar-refractivity contribution in [3.05, 3.63) is 59.9 Å². The van der Waals surface area contributed by atoms with Gasteiger partial charge in [-0.3, -0.25) is 5.10 Å². The van der Waals surface area contributed by atoms with E-state index in [-0.39, 0.29) is 0 Å². The third-order valence-electron chi connectivity index (χ3n) is 3.79. The van der Waals surface area contributed by atoms with Gasteiger partial charge in [0.05, 0.1) is 5.52 Å². The smallest absolute Gasteiger partial charge is 0.247 e. The van der Waals surface area contributed by atoms with Crippen molar-refractivity contribution in [3.8, 4) is 11.4 Å². The minimum atomic E-state index is 0.494. The van der Waals surface area contributed by atoms with Crippen molar-refractivity contribution in [2.75, 3.05) is 10.2 Å². The molecular formula is C19H19IN6. The number of aromatic amines is 1. The number of nitrogens with zero attached hydrogens (tertiary/aromatic N) is 4. The minimum Gasteiger partial charge on any atom is -0.307 e. The molecule has 7 heteroatoms.